The highest BCUT2D eigenvalue weighted by atomic mass is 16.5. The summed E-state index contributed by atoms with van der Waals surface area (Å²) >= 11 is 0. The number of rotatable bonds is 6. The average molecular weight is 386 g/mol. The van der Waals surface area contributed by atoms with Gasteiger partial charge in [-0.25, -0.2) is 9.97 Å². The second-order valence-electron chi connectivity index (χ2n) is 7.25. The number of ether oxygens (including phenoxy) is 1. The fraction of sp³-hybridized carbons (Fsp3) is 0.273. The van der Waals surface area contributed by atoms with Crippen LogP contribution in [0.2, 0.25) is 0 Å². The van der Waals surface area contributed by atoms with Crippen LogP contribution in [0.4, 0.5) is 5.82 Å². The molecular formula is C22H22N6O. The van der Waals surface area contributed by atoms with Crippen molar-refractivity contribution in [3.8, 4) is 17.1 Å². The smallest absolute Gasteiger partial charge is 0.254 e. The molecule has 1 saturated carbocycles. The van der Waals surface area contributed by atoms with Crippen molar-refractivity contribution in [1.29, 1.82) is 0 Å². The Hall–Kier alpha value is -3.48. The van der Waals surface area contributed by atoms with Gasteiger partial charge in [-0.1, -0.05) is 36.4 Å². The molecule has 1 aliphatic rings. The van der Waals surface area contributed by atoms with Gasteiger partial charge in [-0.2, -0.15) is 14.6 Å². The summed E-state index contributed by atoms with van der Waals surface area (Å²) in [4.78, 5) is 13.3. The molecule has 0 radical (unpaired) electrons. The Morgan fingerprint density at radius 3 is 2.69 bits per heavy atom. The quantitative estimate of drug-likeness (QED) is 0.537. The highest BCUT2D eigenvalue weighted by Gasteiger charge is 2.16. The number of pyridine rings is 1. The first-order chi connectivity index (χ1) is 14.3. The summed E-state index contributed by atoms with van der Waals surface area (Å²) in [6.45, 7) is 0.615. The fourth-order valence-corrected chi connectivity index (χ4v) is 3.65. The van der Waals surface area contributed by atoms with Gasteiger partial charge in [0.05, 0.1) is 5.69 Å². The molecule has 0 unspecified atom stereocenters. The van der Waals surface area contributed by atoms with Gasteiger partial charge in [-0.05, 0) is 31.2 Å². The molecule has 29 heavy (non-hydrogen) atoms. The van der Waals surface area contributed by atoms with E-state index >= 15 is 0 Å². The Morgan fingerprint density at radius 1 is 1.03 bits per heavy atom. The van der Waals surface area contributed by atoms with Gasteiger partial charge in [0.15, 0.2) is 0 Å². The van der Waals surface area contributed by atoms with Crippen LogP contribution >= 0.6 is 0 Å². The van der Waals surface area contributed by atoms with Crippen LogP contribution in [0.5, 0.6) is 5.88 Å². The summed E-state index contributed by atoms with van der Waals surface area (Å²) < 4.78 is 7.65. The van der Waals surface area contributed by atoms with Gasteiger partial charge in [0.25, 0.3) is 5.78 Å². The molecule has 1 fully saturated rings. The zero-order chi connectivity index (χ0) is 19.5. The summed E-state index contributed by atoms with van der Waals surface area (Å²) in [6.07, 6.45) is 8.45. The van der Waals surface area contributed by atoms with Crippen molar-refractivity contribution in [2.24, 2.45) is 0 Å². The van der Waals surface area contributed by atoms with Gasteiger partial charge in [-0.15, -0.1) is 0 Å². The molecule has 3 aromatic heterocycles. The SMILES string of the molecule is c1ccc(-c2cc(NCc3ccc(OC4CCCC4)nc3)n3ncnc3n2)cc1. The molecule has 0 aliphatic heterocycles. The number of hydrogen-bond donors (Lipinski definition) is 1. The summed E-state index contributed by atoms with van der Waals surface area (Å²) in [5.41, 5.74) is 2.96. The van der Waals surface area contributed by atoms with Crippen LogP contribution in [0, 0.1) is 0 Å². The van der Waals surface area contributed by atoms with E-state index in [9.17, 15) is 0 Å². The van der Waals surface area contributed by atoms with Gasteiger partial charge in [0.1, 0.15) is 18.2 Å². The Labute approximate surface area is 168 Å². The maximum absolute atomic E-state index is 5.94. The molecule has 1 N–H and O–H groups in total. The van der Waals surface area contributed by atoms with E-state index in [1.807, 2.05) is 54.7 Å². The van der Waals surface area contributed by atoms with E-state index in [4.69, 9.17) is 4.74 Å². The van der Waals surface area contributed by atoms with Crippen LogP contribution in [0.1, 0.15) is 31.2 Å². The highest BCUT2D eigenvalue weighted by molar-refractivity contribution is 5.65. The Balaban J connectivity index is 1.33. The molecule has 7 nitrogen and oxygen atoms in total. The first-order valence-corrected chi connectivity index (χ1v) is 9.97. The molecule has 3 heterocycles. The van der Waals surface area contributed by atoms with Gasteiger partial charge in [0, 0.05) is 30.4 Å². The van der Waals surface area contributed by atoms with Crippen molar-refractivity contribution >= 4 is 11.6 Å². The first-order valence-electron chi connectivity index (χ1n) is 9.97. The van der Waals surface area contributed by atoms with Crippen molar-refractivity contribution in [3.63, 3.8) is 0 Å². The fourth-order valence-electron chi connectivity index (χ4n) is 3.65. The standard InChI is InChI=1S/C22H22N6O/c1-2-6-17(7-3-1)19-12-20(28-22(27-19)25-15-26-28)23-13-16-10-11-21(24-14-16)29-18-8-4-5-9-18/h1-3,6-7,10-12,14-15,18,23H,4-5,8-9,13H2. The first kappa shape index (κ1) is 17.6. The lowest BCUT2D eigenvalue weighted by atomic mass is 10.1. The minimum absolute atomic E-state index is 0.320. The molecule has 0 spiro atoms. The number of aromatic nitrogens is 5. The molecule has 0 saturated heterocycles. The van der Waals surface area contributed by atoms with Crippen molar-refractivity contribution in [2.45, 2.75) is 38.3 Å². The molecular weight excluding hydrogens is 364 g/mol. The molecule has 146 valence electrons. The predicted molar refractivity (Wildman–Crippen MR) is 111 cm³/mol. The molecule has 5 rings (SSSR count). The molecule has 0 amide bonds. The number of nitrogens with one attached hydrogen (secondary N) is 1. The number of fused-ring (bicyclic) bond motifs is 1. The number of benzene rings is 1. The largest absolute Gasteiger partial charge is 0.474 e. The third-order valence-electron chi connectivity index (χ3n) is 5.18. The zero-order valence-corrected chi connectivity index (χ0v) is 16.0. The van der Waals surface area contributed by atoms with Crippen LogP contribution in [0.15, 0.2) is 61.1 Å². The molecule has 0 bridgehead atoms. The maximum Gasteiger partial charge on any atom is 0.254 e. The van der Waals surface area contributed by atoms with Crippen molar-refractivity contribution < 1.29 is 4.74 Å². The summed E-state index contributed by atoms with van der Waals surface area (Å²) in [5, 5.41) is 7.71. The van der Waals surface area contributed by atoms with Crippen LogP contribution < -0.4 is 10.1 Å². The Morgan fingerprint density at radius 2 is 1.90 bits per heavy atom. The van der Waals surface area contributed by atoms with Crippen LogP contribution in [0.25, 0.3) is 17.0 Å². The third-order valence-corrected chi connectivity index (χ3v) is 5.18. The van der Waals surface area contributed by atoms with Gasteiger partial charge in [-0.3, -0.25) is 0 Å². The Kier molecular flexibility index (Phi) is 4.78. The number of anilines is 1. The van der Waals surface area contributed by atoms with Gasteiger partial charge >= 0.3 is 0 Å². The van der Waals surface area contributed by atoms with E-state index in [2.05, 4.69) is 25.4 Å². The molecule has 1 aliphatic carbocycles. The summed E-state index contributed by atoms with van der Waals surface area (Å²) in [6, 6.07) is 16.0. The van der Waals surface area contributed by atoms with E-state index in [0.717, 1.165) is 35.5 Å². The lowest BCUT2D eigenvalue weighted by molar-refractivity contribution is 0.201. The molecule has 4 aromatic rings. The van der Waals surface area contributed by atoms with Crippen LogP contribution in [-0.4, -0.2) is 30.7 Å². The van der Waals surface area contributed by atoms with E-state index in [-0.39, 0.29) is 0 Å². The number of hydrogen-bond acceptors (Lipinski definition) is 6. The summed E-state index contributed by atoms with van der Waals surface area (Å²) in [5.74, 6) is 2.10. The van der Waals surface area contributed by atoms with Crippen LogP contribution in [-0.2, 0) is 6.54 Å². The van der Waals surface area contributed by atoms with E-state index < -0.39 is 0 Å². The van der Waals surface area contributed by atoms with Crippen molar-refractivity contribution in [3.05, 3.63) is 66.6 Å². The molecule has 0 atom stereocenters. The lowest BCUT2D eigenvalue weighted by Crippen LogP contribution is -2.12. The number of nitrogens with zero attached hydrogens (tertiary/aromatic N) is 5. The molecule has 1 aromatic carbocycles. The van der Waals surface area contributed by atoms with Gasteiger partial charge < -0.3 is 10.1 Å². The topological polar surface area (TPSA) is 77.2 Å². The zero-order valence-electron chi connectivity index (χ0n) is 16.0. The Bertz CT molecular complexity index is 1090. The third kappa shape index (κ3) is 3.89. The highest BCUT2D eigenvalue weighted by Crippen LogP contribution is 2.24. The van der Waals surface area contributed by atoms with Crippen molar-refractivity contribution in [2.75, 3.05) is 5.32 Å². The summed E-state index contributed by atoms with van der Waals surface area (Å²) in [7, 11) is 0. The van der Waals surface area contributed by atoms with Gasteiger partial charge in [0.2, 0.25) is 5.88 Å². The minimum atomic E-state index is 0.320. The average Bonchev–Trinajstić information content (AvgIpc) is 3.45. The lowest BCUT2D eigenvalue weighted by Gasteiger charge is -2.13. The second-order valence-corrected chi connectivity index (χ2v) is 7.25. The van der Waals surface area contributed by atoms with E-state index in [0.29, 0.717) is 24.3 Å². The van der Waals surface area contributed by atoms with Crippen molar-refractivity contribution in [1.82, 2.24) is 24.6 Å². The molecule has 7 heteroatoms. The van der Waals surface area contributed by atoms with E-state index in [1.54, 1.807) is 4.52 Å². The monoisotopic (exact) mass is 386 g/mol. The predicted octanol–water partition coefficient (Wildman–Crippen LogP) is 4.12. The minimum Gasteiger partial charge on any atom is -0.474 e. The maximum atomic E-state index is 5.94. The normalized spacial score (nSPS) is 14.3. The van der Waals surface area contributed by atoms with Crippen LogP contribution in [0.3, 0.4) is 0 Å². The second kappa shape index (κ2) is 7.87. The van der Waals surface area contributed by atoms with E-state index in [1.165, 1.54) is 19.2 Å².